The van der Waals surface area contributed by atoms with Crippen LogP contribution in [0, 0.1) is 0 Å². The Balaban J connectivity index is 1.52. The summed E-state index contributed by atoms with van der Waals surface area (Å²) in [6.45, 7) is 0.169. The summed E-state index contributed by atoms with van der Waals surface area (Å²) in [6.07, 6.45) is 0. The number of anilines is 1. The van der Waals surface area contributed by atoms with Crippen LogP contribution in [0.1, 0.15) is 17.2 Å². The van der Waals surface area contributed by atoms with E-state index in [0.29, 0.717) is 39.8 Å². The van der Waals surface area contributed by atoms with Crippen molar-refractivity contribution in [2.24, 2.45) is 0 Å². The van der Waals surface area contributed by atoms with Crippen LogP contribution in [0.5, 0.6) is 23.0 Å². The van der Waals surface area contributed by atoms with Crippen LogP contribution in [0.15, 0.2) is 72.3 Å². The van der Waals surface area contributed by atoms with Crippen LogP contribution >= 0.6 is 0 Å². The molecule has 1 N–H and O–H groups in total. The highest BCUT2D eigenvalue weighted by Gasteiger charge is 2.47. The van der Waals surface area contributed by atoms with Crippen molar-refractivity contribution >= 4 is 23.1 Å². The molecular weight excluding hydrogens is 426 g/mol. The van der Waals surface area contributed by atoms with E-state index >= 15 is 0 Å². The number of hydrogen-bond donors (Lipinski definition) is 1. The zero-order valence-electron chi connectivity index (χ0n) is 17.2. The molecule has 0 spiro atoms. The summed E-state index contributed by atoms with van der Waals surface area (Å²) in [4.78, 5) is 27.8. The Kier molecular flexibility index (Phi) is 4.26. The van der Waals surface area contributed by atoms with Gasteiger partial charge < -0.3 is 24.1 Å². The molecule has 8 nitrogen and oxygen atoms in total. The number of hydrogen-bond acceptors (Lipinski definition) is 7. The maximum atomic E-state index is 13.2. The fraction of sp³-hybridized carbons (Fsp3) is 0.120. The number of benzene rings is 3. The van der Waals surface area contributed by atoms with Crippen molar-refractivity contribution < 1.29 is 33.6 Å². The minimum absolute atomic E-state index is 0.0114. The average Bonchev–Trinajstić information content (AvgIpc) is 3.56. The van der Waals surface area contributed by atoms with E-state index in [1.165, 1.54) is 4.90 Å². The van der Waals surface area contributed by atoms with Gasteiger partial charge in [-0.05, 0) is 35.9 Å². The molecule has 1 unspecified atom stereocenters. The minimum atomic E-state index is -0.836. The molecule has 0 aromatic heterocycles. The van der Waals surface area contributed by atoms with E-state index in [4.69, 9.17) is 18.9 Å². The minimum Gasteiger partial charge on any atom is -0.507 e. The number of nitrogens with zero attached hydrogens (tertiary/aromatic N) is 1. The van der Waals surface area contributed by atoms with Gasteiger partial charge in [-0.15, -0.1) is 0 Å². The lowest BCUT2D eigenvalue weighted by molar-refractivity contribution is -0.132. The molecule has 3 aliphatic rings. The number of ketones is 1. The fourth-order valence-electron chi connectivity index (χ4n) is 4.28. The van der Waals surface area contributed by atoms with Crippen molar-refractivity contribution in [1.29, 1.82) is 0 Å². The molecule has 3 aromatic carbocycles. The first-order valence-corrected chi connectivity index (χ1v) is 10.3. The molecule has 1 fully saturated rings. The van der Waals surface area contributed by atoms with Crippen molar-refractivity contribution in [2.75, 3.05) is 18.5 Å². The lowest BCUT2D eigenvalue weighted by Gasteiger charge is -2.25. The van der Waals surface area contributed by atoms with Crippen molar-refractivity contribution in [3.8, 4) is 23.0 Å². The Morgan fingerprint density at radius 2 is 1.42 bits per heavy atom. The first kappa shape index (κ1) is 19.2. The van der Waals surface area contributed by atoms with Gasteiger partial charge in [0.1, 0.15) is 5.76 Å². The smallest absolute Gasteiger partial charge is 0.300 e. The van der Waals surface area contributed by atoms with E-state index in [-0.39, 0.29) is 24.9 Å². The molecule has 0 radical (unpaired) electrons. The molecule has 0 saturated carbocycles. The zero-order valence-corrected chi connectivity index (χ0v) is 17.2. The van der Waals surface area contributed by atoms with E-state index in [9.17, 15) is 14.7 Å². The SMILES string of the molecule is O=C1C(=O)N(c2ccc3c(c2)OCO3)C(c2ccccc2)/C1=C(\O)c1ccc2c(c1)OCO2. The van der Waals surface area contributed by atoms with E-state index in [1.807, 2.05) is 30.3 Å². The summed E-state index contributed by atoms with van der Waals surface area (Å²) < 4.78 is 21.5. The number of amides is 1. The second kappa shape index (κ2) is 7.30. The van der Waals surface area contributed by atoms with Crippen LogP contribution < -0.4 is 23.8 Å². The summed E-state index contributed by atoms with van der Waals surface area (Å²) in [5, 5.41) is 11.2. The molecule has 0 aliphatic carbocycles. The predicted octanol–water partition coefficient (Wildman–Crippen LogP) is 3.77. The summed E-state index contributed by atoms with van der Waals surface area (Å²) in [7, 11) is 0. The van der Waals surface area contributed by atoms with Gasteiger partial charge in [0.15, 0.2) is 23.0 Å². The lowest BCUT2D eigenvalue weighted by atomic mass is 9.95. The number of ether oxygens (including phenoxy) is 4. The van der Waals surface area contributed by atoms with Crippen LogP contribution in [0.4, 0.5) is 5.69 Å². The number of fused-ring (bicyclic) bond motifs is 2. The largest absolute Gasteiger partial charge is 0.507 e. The Bertz CT molecular complexity index is 1330. The molecule has 6 rings (SSSR count). The summed E-state index contributed by atoms with van der Waals surface area (Å²) >= 11 is 0. The summed E-state index contributed by atoms with van der Waals surface area (Å²) in [5.41, 5.74) is 1.48. The third-order valence-corrected chi connectivity index (χ3v) is 5.84. The third-order valence-electron chi connectivity index (χ3n) is 5.84. The average molecular weight is 443 g/mol. The van der Waals surface area contributed by atoms with Gasteiger partial charge in [-0.3, -0.25) is 14.5 Å². The van der Waals surface area contributed by atoms with Gasteiger partial charge in [0.05, 0.1) is 11.6 Å². The van der Waals surface area contributed by atoms with E-state index in [1.54, 1.807) is 36.4 Å². The van der Waals surface area contributed by atoms with Gasteiger partial charge in [-0.2, -0.15) is 0 Å². The Morgan fingerprint density at radius 3 is 2.15 bits per heavy atom. The molecule has 3 aromatic rings. The van der Waals surface area contributed by atoms with Crippen molar-refractivity contribution in [2.45, 2.75) is 6.04 Å². The van der Waals surface area contributed by atoms with Crippen molar-refractivity contribution in [3.05, 3.63) is 83.4 Å². The Hall–Kier alpha value is -4.46. The first-order chi connectivity index (χ1) is 16.1. The lowest BCUT2D eigenvalue weighted by Crippen LogP contribution is -2.29. The number of aliphatic hydroxyl groups excluding tert-OH is 1. The molecule has 0 bridgehead atoms. The maximum absolute atomic E-state index is 13.2. The fourth-order valence-corrected chi connectivity index (χ4v) is 4.28. The van der Waals surface area contributed by atoms with Gasteiger partial charge in [0.25, 0.3) is 11.7 Å². The quantitative estimate of drug-likeness (QED) is 0.374. The van der Waals surface area contributed by atoms with Crippen molar-refractivity contribution in [3.63, 3.8) is 0 Å². The molecule has 164 valence electrons. The number of carbonyl (C=O) groups is 2. The Labute approximate surface area is 188 Å². The number of rotatable bonds is 3. The number of carbonyl (C=O) groups excluding carboxylic acids is 2. The van der Waals surface area contributed by atoms with Gasteiger partial charge in [0.2, 0.25) is 13.6 Å². The van der Waals surface area contributed by atoms with Gasteiger partial charge in [0, 0.05) is 17.3 Å². The van der Waals surface area contributed by atoms with E-state index in [2.05, 4.69) is 0 Å². The zero-order chi connectivity index (χ0) is 22.5. The van der Waals surface area contributed by atoms with Crippen LogP contribution in [-0.4, -0.2) is 30.4 Å². The normalized spacial score (nSPS) is 19.9. The first-order valence-electron chi connectivity index (χ1n) is 10.3. The third kappa shape index (κ3) is 2.99. The second-order valence-corrected chi connectivity index (χ2v) is 7.69. The van der Waals surface area contributed by atoms with Crippen LogP contribution in [0.3, 0.4) is 0 Å². The molecular formula is C25H17NO7. The highest BCUT2D eigenvalue weighted by molar-refractivity contribution is 6.51. The van der Waals surface area contributed by atoms with Gasteiger partial charge in [-0.25, -0.2) is 0 Å². The highest BCUT2D eigenvalue weighted by atomic mass is 16.7. The molecule has 33 heavy (non-hydrogen) atoms. The number of Topliss-reactive ketones (excluding diaryl/α,β-unsaturated/α-hetero) is 1. The van der Waals surface area contributed by atoms with Crippen molar-refractivity contribution in [1.82, 2.24) is 0 Å². The molecule has 3 heterocycles. The second-order valence-electron chi connectivity index (χ2n) is 7.69. The van der Waals surface area contributed by atoms with Crippen LogP contribution in [-0.2, 0) is 9.59 Å². The number of aliphatic hydroxyl groups is 1. The summed E-state index contributed by atoms with van der Waals surface area (Å²) in [5.74, 6) is 0.238. The monoisotopic (exact) mass is 443 g/mol. The van der Waals surface area contributed by atoms with Crippen LogP contribution in [0.25, 0.3) is 5.76 Å². The van der Waals surface area contributed by atoms with Gasteiger partial charge >= 0.3 is 0 Å². The van der Waals surface area contributed by atoms with Crippen LogP contribution in [0.2, 0.25) is 0 Å². The molecule has 3 aliphatic heterocycles. The summed E-state index contributed by atoms with van der Waals surface area (Å²) in [6, 6.07) is 18.2. The molecule has 1 amide bonds. The predicted molar refractivity (Wildman–Crippen MR) is 116 cm³/mol. The van der Waals surface area contributed by atoms with E-state index < -0.39 is 17.7 Å². The Morgan fingerprint density at radius 1 is 0.788 bits per heavy atom. The molecule has 1 saturated heterocycles. The van der Waals surface area contributed by atoms with Gasteiger partial charge in [-0.1, -0.05) is 30.3 Å². The topological polar surface area (TPSA) is 94.5 Å². The molecule has 8 heteroatoms. The maximum Gasteiger partial charge on any atom is 0.300 e. The standard InChI is InChI=1S/C25H17NO7/c27-23(15-6-8-17-19(10-15)32-12-30-17)21-22(14-4-2-1-3-5-14)26(25(29)24(21)28)16-7-9-18-20(11-16)33-13-31-18/h1-11,22,27H,12-13H2/b23-21+. The van der Waals surface area contributed by atoms with E-state index in [0.717, 1.165) is 0 Å². The highest BCUT2D eigenvalue weighted by Crippen LogP contribution is 2.45. The molecule has 1 atom stereocenters.